The third kappa shape index (κ3) is 4.05. The summed E-state index contributed by atoms with van der Waals surface area (Å²) in [6, 6.07) is 6.89. The molecule has 1 fully saturated rings. The lowest BCUT2D eigenvalue weighted by atomic mass is 9.88. The number of nitrogens with two attached hydrogens (primary N) is 1. The van der Waals surface area contributed by atoms with Crippen molar-refractivity contribution >= 4 is 11.6 Å². The van der Waals surface area contributed by atoms with E-state index in [0.29, 0.717) is 11.3 Å². The molecule has 1 atom stereocenters. The Morgan fingerprint density at radius 1 is 1.45 bits per heavy atom. The number of hydrogen-bond donors (Lipinski definition) is 3. The van der Waals surface area contributed by atoms with Crippen LogP contribution >= 0.6 is 0 Å². The highest BCUT2D eigenvalue weighted by molar-refractivity contribution is 5.92. The second kappa shape index (κ2) is 7.41. The molecule has 0 saturated heterocycles. The molecule has 0 aromatic heterocycles. The van der Waals surface area contributed by atoms with Crippen molar-refractivity contribution in [1.29, 1.82) is 0 Å². The summed E-state index contributed by atoms with van der Waals surface area (Å²) in [5.74, 6) is 0.0981. The topological polar surface area (TPSA) is 75.3 Å². The van der Waals surface area contributed by atoms with Crippen molar-refractivity contribution in [2.45, 2.75) is 44.6 Å². The summed E-state index contributed by atoms with van der Waals surface area (Å²) in [5.41, 5.74) is 6.47. The van der Waals surface area contributed by atoms with E-state index in [1.54, 1.807) is 24.3 Å². The van der Waals surface area contributed by atoms with Crippen LogP contribution in [0.2, 0.25) is 0 Å². The highest BCUT2D eigenvalue weighted by Crippen LogP contribution is 2.26. The first-order valence-electron chi connectivity index (χ1n) is 8.23. The molecule has 2 rings (SSSR count). The number of nitrogens with one attached hydrogen (secondary N) is 1. The van der Waals surface area contributed by atoms with Crippen LogP contribution in [0.4, 0.5) is 5.69 Å². The highest BCUT2D eigenvalue weighted by Gasteiger charge is 2.21. The van der Waals surface area contributed by atoms with E-state index in [4.69, 9.17) is 8.48 Å². The van der Waals surface area contributed by atoms with Gasteiger partial charge in [-0.15, -0.1) is 0 Å². The first-order valence-corrected chi connectivity index (χ1v) is 7.23. The predicted molar refractivity (Wildman–Crippen MR) is 80.3 cm³/mol. The zero-order valence-electron chi connectivity index (χ0n) is 13.6. The quantitative estimate of drug-likeness (QED) is 0.775. The molecule has 1 aliphatic carbocycles. The van der Waals surface area contributed by atoms with Gasteiger partial charge in [0.25, 0.3) is 0 Å². The molecular formula is C16H24N2O2. The molecule has 0 aliphatic heterocycles. The van der Waals surface area contributed by atoms with Crippen LogP contribution < -0.4 is 11.1 Å². The van der Waals surface area contributed by atoms with E-state index in [-0.39, 0.29) is 18.2 Å². The number of aliphatic hydroxyl groups excluding tert-OH is 1. The van der Waals surface area contributed by atoms with E-state index in [1.807, 2.05) is 0 Å². The van der Waals surface area contributed by atoms with Crippen LogP contribution in [-0.4, -0.2) is 17.5 Å². The molecule has 0 heterocycles. The third-order valence-corrected chi connectivity index (χ3v) is 3.83. The SMILES string of the molecule is [2H]C([2H])(N)CC(O)c1cccc(NC(=O)C2CCCCC2)c1. The molecule has 0 radical (unpaired) electrons. The Morgan fingerprint density at radius 3 is 2.90 bits per heavy atom. The van der Waals surface area contributed by atoms with Gasteiger partial charge >= 0.3 is 0 Å². The molecule has 1 amide bonds. The van der Waals surface area contributed by atoms with Crippen LogP contribution in [0.25, 0.3) is 0 Å². The van der Waals surface area contributed by atoms with Crippen molar-refractivity contribution in [1.82, 2.24) is 0 Å². The third-order valence-electron chi connectivity index (χ3n) is 3.83. The molecule has 1 aliphatic rings. The minimum atomic E-state index is -1.93. The van der Waals surface area contributed by atoms with Gasteiger partial charge in [-0.1, -0.05) is 31.4 Å². The molecule has 20 heavy (non-hydrogen) atoms. The van der Waals surface area contributed by atoms with Crippen LogP contribution in [0.1, 0.15) is 52.9 Å². The molecule has 1 aromatic rings. The lowest BCUT2D eigenvalue weighted by Gasteiger charge is -2.21. The van der Waals surface area contributed by atoms with Gasteiger partial charge in [0.2, 0.25) is 5.91 Å². The monoisotopic (exact) mass is 278 g/mol. The van der Waals surface area contributed by atoms with Gasteiger partial charge in [-0.25, -0.2) is 0 Å². The second-order valence-electron chi connectivity index (χ2n) is 5.37. The van der Waals surface area contributed by atoms with Crippen molar-refractivity contribution in [3.63, 3.8) is 0 Å². The number of hydrogen-bond acceptors (Lipinski definition) is 3. The van der Waals surface area contributed by atoms with Crippen molar-refractivity contribution in [2.75, 3.05) is 11.8 Å². The van der Waals surface area contributed by atoms with Gasteiger partial charge in [-0.05, 0) is 43.5 Å². The Labute approximate surface area is 123 Å². The van der Waals surface area contributed by atoms with E-state index >= 15 is 0 Å². The lowest BCUT2D eigenvalue weighted by molar-refractivity contribution is -0.120. The summed E-state index contributed by atoms with van der Waals surface area (Å²) in [4.78, 5) is 12.2. The van der Waals surface area contributed by atoms with Crippen LogP contribution in [0.5, 0.6) is 0 Å². The Balaban J connectivity index is 2.00. The van der Waals surface area contributed by atoms with Crippen LogP contribution in [-0.2, 0) is 4.79 Å². The number of carbonyl (C=O) groups is 1. The molecule has 4 heteroatoms. The number of carbonyl (C=O) groups excluding carboxylic acids is 1. The van der Waals surface area contributed by atoms with Crippen molar-refractivity contribution in [3.8, 4) is 0 Å². The van der Waals surface area contributed by atoms with E-state index in [1.165, 1.54) is 6.42 Å². The summed E-state index contributed by atoms with van der Waals surface area (Å²) in [7, 11) is 0. The zero-order chi connectivity index (χ0) is 16.2. The molecule has 1 aromatic carbocycles. The maximum Gasteiger partial charge on any atom is 0.227 e. The fraction of sp³-hybridized carbons (Fsp3) is 0.562. The summed E-state index contributed by atoms with van der Waals surface area (Å²) in [5, 5.41) is 12.9. The van der Waals surface area contributed by atoms with E-state index in [0.717, 1.165) is 25.7 Å². The van der Waals surface area contributed by atoms with Crippen molar-refractivity contribution in [2.24, 2.45) is 11.7 Å². The number of benzene rings is 1. The number of rotatable bonds is 5. The fourth-order valence-corrected chi connectivity index (χ4v) is 2.66. The molecule has 1 unspecified atom stereocenters. The Kier molecular flexibility index (Phi) is 4.58. The normalized spacial score (nSPS) is 19.9. The molecule has 4 N–H and O–H groups in total. The standard InChI is InChI=1S/C16H24N2O2/c17-10-9-15(19)13-7-4-8-14(11-13)18-16(20)12-5-2-1-3-6-12/h4,7-8,11-12,15,19H,1-3,5-6,9-10,17H2,(H,18,20)/i10D2. The van der Waals surface area contributed by atoms with E-state index in [9.17, 15) is 9.90 Å². The molecule has 110 valence electrons. The highest BCUT2D eigenvalue weighted by atomic mass is 16.3. The van der Waals surface area contributed by atoms with Gasteiger partial charge < -0.3 is 16.2 Å². The molecule has 0 bridgehead atoms. The van der Waals surface area contributed by atoms with Gasteiger partial charge in [0, 0.05) is 14.3 Å². The largest absolute Gasteiger partial charge is 0.388 e. The van der Waals surface area contributed by atoms with Gasteiger partial charge in [-0.3, -0.25) is 4.79 Å². The predicted octanol–water partition coefficient (Wildman–Crippen LogP) is 2.59. The Hall–Kier alpha value is -1.39. The number of aliphatic hydroxyl groups is 1. The summed E-state index contributed by atoms with van der Waals surface area (Å²) in [6.07, 6.45) is 4.08. The van der Waals surface area contributed by atoms with Gasteiger partial charge in [0.05, 0.1) is 6.10 Å². The maximum atomic E-state index is 12.2. The zero-order valence-corrected chi connectivity index (χ0v) is 11.6. The minimum absolute atomic E-state index is 0.0282. The minimum Gasteiger partial charge on any atom is -0.388 e. The average Bonchev–Trinajstić information content (AvgIpc) is 2.46. The lowest BCUT2D eigenvalue weighted by Crippen LogP contribution is -2.24. The van der Waals surface area contributed by atoms with Gasteiger partial charge in [-0.2, -0.15) is 0 Å². The average molecular weight is 278 g/mol. The maximum absolute atomic E-state index is 12.2. The van der Waals surface area contributed by atoms with Crippen molar-refractivity contribution < 1.29 is 12.6 Å². The molecular weight excluding hydrogens is 252 g/mol. The first kappa shape index (κ1) is 12.4. The molecule has 4 nitrogen and oxygen atoms in total. The van der Waals surface area contributed by atoms with E-state index < -0.39 is 12.6 Å². The van der Waals surface area contributed by atoms with Crippen LogP contribution in [0, 0.1) is 5.92 Å². The van der Waals surface area contributed by atoms with E-state index in [2.05, 4.69) is 5.32 Å². The first-order chi connectivity index (χ1) is 10.3. The number of anilines is 1. The smallest absolute Gasteiger partial charge is 0.227 e. The second-order valence-corrected chi connectivity index (χ2v) is 5.37. The summed E-state index contributed by atoms with van der Waals surface area (Å²) >= 11 is 0. The Bertz CT molecular complexity index is 511. The molecule has 0 spiro atoms. The van der Waals surface area contributed by atoms with Crippen molar-refractivity contribution in [3.05, 3.63) is 29.8 Å². The fourth-order valence-electron chi connectivity index (χ4n) is 2.66. The van der Waals surface area contributed by atoms with Gasteiger partial charge in [0.1, 0.15) is 0 Å². The number of amides is 1. The van der Waals surface area contributed by atoms with Crippen LogP contribution in [0.15, 0.2) is 24.3 Å². The molecule has 1 saturated carbocycles. The summed E-state index contributed by atoms with van der Waals surface area (Å²) in [6.45, 7) is -1.93. The summed E-state index contributed by atoms with van der Waals surface area (Å²) < 4.78 is 14.7. The van der Waals surface area contributed by atoms with Gasteiger partial charge in [0.15, 0.2) is 0 Å². The van der Waals surface area contributed by atoms with Crippen LogP contribution in [0.3, 0.4) is 0 Å². The Morgan fingerprint density at radius 2 is 2.20 bits per heavy atom.